The quantitative estimate of drug-likeness (QED) is 0.547. The van der Waals surface area contributed by atoms with E-state index in [4.69, 9.17) is 27.9 Å². The number of hydrogen-bond acceptors (Lipinski definition) is 5. The van der Waals surface area contributed by atoms with Crippen molar-refractivity contribution in [2.45, 2.75) is 13.1 Å². The van der Waals surface area contributed by atoms with E-state index in [-0.39, 0.29) is 5.28 Å². The predicted octanol–water partition coefficient (Wildman–Crippen LogP) is 0.993. The molecule has 2 N–H and O–H groups in total. The molecule has 1 saturated heterocycles. The Morgan fingerprint density at radius 2 is 1.76 bits per heavy atom. The smallest absolute Gasteiger partial charge is 0.224 e. The number of halogens is 2. The molecule has 2 aliphatic heterocycles. The van der Waals surface area contributed by atoms with E-state index in [0.717, 1.165) is 50.7 Å². The van der Waals surface area contributed by atoms with Crippen LogP contribution in [0.25, 0.3) is 0 Å². The van der Waals surface area contributed by atoms with E-state index in [1.807, 2.05) is 0 Å². The number of hydrogen-bond donors (Lipinski definition) is 2. The number of fused-ring (bicyclic) bond motifs is 1. The zero-order valence-corrected chi connectivity index (χ0v) is 10.8. The van der Waals surface area contributed by atoms with Crippen molar-refractivity contribution in [3.63, 3.8) is 0 Å². The van der Waals surface area contributed by atoms with Crippen molar-refractivity contribution >= 4 is 23.2 Å². The van der Waals surface area contributed by atoms with Gasteiger partial charge in [-0.25, -0.2) is 9.97 Å². The molecular weight excluding hydrogens is 263 g/mol. The number of aromatic nitrogens is 2. The van der Waals surface area contributed by atoms with Crippen molar-refractivity contribution in [3.8, 4) is 0 Å². The molecule has 0 atom stereocenters. The van der Waals surface area contributed by atoms with Gasteiger partial charge in [-0.3, -0.25) is 0 Å². The molecule has 3 heterocycles. The molecule has 3 rings (SSSR count). The third-order valence-electron chi connectivity index (χ3n) is 2.46. The molecule has 0 aliphatic carbocycles. The first-order chi connectivity index (χ1) is 8.27. The highest BCUT2D eigenvalue weighted by atomic mass is 35.5. The van der Waals surface area contributed by atoms with E-state index in [2.05, 4.69) is 20.6 Å². The first-order valence-corrected chi connectivity index (χ1v) is 6.23. The monoisotopic (exact) mass is 276 g/mol. The summed E-state index contributed by atoms with van der Waals surface area (Å²) in [4.78, 5) is 7.85. The average molecular weight is 277 g/mol. The summed E-state index contributed by atoms with van der Waals surface area (Å²) in [6.45, 7) is 5.31. The van der Waals surface area contributed by atoms with Crippen molar-refractivity contribution in [2.24, 2.45) is 0 Å². The summed E-state index contributed by atoms with van der Waals surface area (Å²) in [5.41, 5.74) is 1.88. The van der Waals surface area contributed by atoms with Crippen molar-refractivity contribution in [1.82, 2.24) is 20.6 Å². The molecule has 1 aromatic rings. The summed E-state index contributed by atoms with van der Waals surface area (Å²) in [6.07, 6.45) is 0. The fourth-order valence-electron chi connectivity index (χ4n) is 1.61. The minimum absolute atomic E-state index is 0.220. The van der Waals surface area contributed by atoms with Crippen LogP contribution in [0.4, 0.5) is 0 Å². The molecule has 0 spiro atoms. The zero-order chi connectivity index (χ0) is 12.1. The Labute approximate surface area is 110 Å². The van der Waals surface area contributed by atoms with Crippen molar-refractivity contribution in [1.29, 1.82) is 0 Å². The van der Waals surface area contributed by atoms with Gasteiger partial charge in [0.25, 0.3) is 0 Å². The maximum atomic E-state index is 5.80. The van der Waals surface area contributed by atoms with Crippen LogP contribution in [0.2, 0.25) is 10.4 Å². The predicted molar refractivity (Wildman–Crippen MR) is 66.3 cm³/mol. The van der Waals surface area contributed by atoms with Crippen LogP contribution in [0.1, 0.15) is 11.3 Å². The van der Waals surface area contributed by atoms with Gasteiger partial charge in [-0.2, -0.15) is 0 Å². The SMILES string of the molecule is C1COCCN1.Clc1nc(Cl)c2c(n1)CNC2. The van der Waals surface area contributed by atoms with Crippen LogP contribution in [-0.4, -0.2) is 36.3 Å². The van der Waals surface area contributed by atoms with Crippen molar-refractivity contribution in [3.05, 3.63) is 21.7 Å². The summed E-state index contributed by atoms with van der Waals surface area (Å²) in [5.74, 6) is 0. The van der Waals surface area contributed by atoms with Crippen LogP contribution in [0.3, 0.4) is 0 Å². The van der Waals surface area contributed by atoms with Crippen LogP contribution in [0.15, 0.2) is 0 Å². The molecule has 0 unspecified atom stereocenters. The van der Waals surface area contributed by atoms with Crippen LogP contribution in [-0.2, 0) is 17.8 Å². The highest BCUT2D eigenvalue weighted by Crippen LogP contribution is 2.22. The molecule has 1 fully saturated rings. The van der Waals surface area contributed by atoms with E-state index >= 15 is 0 Å². The molecule has 94 valence electrons. The topological polar surface area (TPSA) is 59.1 Å². The number of nitrogens with one attached hydrogen (secondary N) is 2. The molecule has 2 aliphatic rings. The molecular formula is C10H14Cl2N4O. The van der Waals surface area contributed by atoms with Gasteiger partial charge in [0.05, 0.1) is 18.9 Å². The van der Waals surface area contributed by atoms with Gasteiger partial charge < -0.3 is 15.4 Å². The highest BCUT2D eigenvalue weighted by molar-refractivity contribution is 6.32. The Bertz CT molecular complexity index is 373. The molecule has 5 nitrogen and oxygen atoms in total. The number of nitrogens with zero attached hydrogens (tertiary/aromatic N) is 2. The Morgan fingerprint density at radius 1 is 1.00 bits per heavy atom. The number of ether oxygens (including phenoxy) is 1. The lowest BCUT2D eigenvalue weighted by Crippen LogP contribution is -2.30. The normalized spacial score (nSPS) is 18.2. The molecule has 0 saturated carbocycles. The zero-order valence-electron chi connectivity index (χ0n) is 9.30. The van der Waals surface area contributed by atoms with E-state index < -0.39 is 0 Å². The lowest BCUT2D eigenvalue weighted by atomic mass is 10.3. The summed E-state index contributed by atoms with van der Waals surface area (Å²) < 4.78 is 5.01. The van der Waals surface area contributed by atoms with Crippen molar-refractivity contribution < 1.29 is 4.74 Å². The van der Waals surface area contributed by atoms with Gasteiger partial charge in [0, 0.05) is 31.7 Å². The number of rotatable bonds is 0. The van der Waals surface area contributed by atoms with Crippen LogP contribution in [0, 0.1) is 0 Å². The first kappa shape index (κ1) is 13.0. The fourth-order valence-corrected chi connectivity index (χ4v) is 2.10. The summed E-state index contributed by atoms with van der Waals surface area (Å²) in [7, 11) is 0. The lowest BCUT2D eigenvalue weighted by Gasteiger charge is -2.10. The molecule has 7 heteroatoms. The van der Waals surface area contributed by atoms with Gasteiger partial charge in [0.1, 0.15) is 5.15 Å². The summed E-state index contributed by atoms with van der Waals surface area (Å²) in [5, 5.41) is 6.95. The summed E-state index contributed by atoms with van der Waals surface area (Å²) in [6, 6.07) is 0. The Hall–Kier alpha value is -0.460. The van der Waals surface area contributed by atoms with E-state index in [0.29, 0.717) is 5.15 Å². The standard InChI is InChI=1S/C6H5Cl2N3.C4H9NO/c7-5-3-1-9-2-4(3)10-6(8)11-5;1-3-6-4-2-5-1/h9H,1-2H2;5H,1-4H2. The minimum atomic E-state index is 0.220. The molecule has 1 aromatic heterocycles. The van der Waals surface area contributed by atoms with Crippen molar-refractivity contribution in [2.75, 3.05) is 26.3 Å². The van der Waals surface area contributed by atoms with E-state index in [9.17, 15) is 0 Å². The van der Waals surface area contributed by atoms with E-state index in [1.165, 1.54) is 0 Å². The van der Waals surface area contributed by atoms with Gasteiger partial charge >= 0.3 is 0 Å². The van der Waals surface area contributed by atoms with Gasteiger partial charge in [-0.1, -0.05) is 11.6 Å². The van der Waals surface area contributed by atoms with Gasteiger partial charge in [0.15, 0.2) is 0 Å². The average Bonchev–Trinajstić information content (AvgIpc) is 2.80. The lowest BCUT2D eigenvalue weighted by molar-refractivity contribution is 0.109. The van der Waals surface area contributed by atoms with Gasteiger partial charge in [0.2, 0.25) is 5.28 Å². The maximum Gasteiger partial charge on any atom is 0.224 e. The molecule has 17 heavy (non-hydrogen) atoms. The molecule has 0 radical (unpaired) electrons. The molecule has 0 aromatic carbocycles. The fraction of sp³-hybridized carbons (Fsp3) is 0.600. The second-order valence-electron chi connectivity index (χ2n) is 3.67. The van der Waals surface area contributed by atoms with E-state index in [1.54, 1.807) is 0 Å². The maximum absolute atomic E-state index is 5.80. The van der Waals surface area contributed by atoms with Crippen LogP contribution < -0.4 is 10.6 Å². The summed E-state index contributed by atoms with van der Waals surface area (Å²) >= 11 is 11.4. The third-order valence-corrected chi connectivity index (χ3v) is 2.94. The Balaban J connectivity index is 0.000000153. The number of morpholine rings is 1. The molecule has 0 amide bonds. The molecule has 0 bridgehead atoms. The van der Waals surface area contributed by atoms with Crippen LogP contribution in [0.5, 0.6) is 0 Å². The Kier molecular flexibility index (Phi) is 4.94. The largest absolute Gasteiger partial charge is 0.379 e. The Morgan fingerprint density at radius 3 is 2.35 bits per heavy atom. The van der Waals surface area contributed by atoms with Gasteiger partial charge in [-0.15, -0.1) is 0 Å². The van der Waals surface area contributed by atoms with Crippen LogP contribution >= 0.6 is 23.2 Å². The first-order valence-electron chi connectivity index (χ1n) is 5.47. The second kappa shape index (κ2) is 6.47. The third kappa shape index (κ3) is 3.76. The second-order valence-corrected chi connectivity index (χ2v) is 4.37. The highest BCUT2D eigenvalue weighted by Gasteiger charge is 2.16. The van der Waals surface area contributed by atoms with Gasteiger partial charge in [-0.05, 0) is 11.6 Å². The minimum Gasteiger partial charge on any atom is -0.379 e.